The third kappa shape index (κ3) is 3.88. The normalized spacial score (nSPS) is 11.8. The van der Waals surface area contributed by atoms with Crippen molar-refractivity contribution in [3.8, 4) is 11.4 Å². The van der Waals surface area contributed by atoms with E-state index in [1.54, 1.807) is 19.1 Å². The molecular formula is C20H18FNO3. The van der Waals surface area contributed by atoms with Crippen molar-refractivity contribution in [2.75, 3.05) is 6.61 Å². The van der Waals surface area contributed by atoms with E-state index in [0.29, 0.717) is 11.3 Å². The predicted molar refractivity (Wildman–Crippen MR) is 92.2 cm³/mol. The second kappa shape index (κ2) is 7.66. The molecule has 25 heavy (non-hydrogen) atoms. The van der Waals surface area contributed by atoms with Gasteiger partial charge in [-0.2, -0.15) is 0 Å². The second-order valence-electron chi connectivity index (χ2n) is 5.36. The Morgan fingerprint density at radius 2 is 1.84 bits per heavy atom. The predicted octanol–water partition coefficient (Wildman–Crippen LogP) is 4.30. The maximum Gasteiger partial charge on any atom is 0.352 e. The number of aromatic nitrogens is 1. The van der Waals surface area contributed by atoms with Crippen molar-refractivity contribution in [2.24, 2.45) is 0 Å². The van der Waals surface area contributed by atoms with Gasteiger partial charge in [0.2, 0.25) is 6.10 Å². The second-order valence-corrected chi connectivity index (χ2v) is 5.36. The molecule has 1 aromatic heterocycles. The summed E-state index contributed by atoms with van der Waals surface area (Å²) in [6.45, 7) is 1.93. The molecule has 0 saturated heterocycles. The van der Waals surface area contributed by atoms with Crippen LogP contribution in [0.4, 0.5) is 4.39 Å². The molecule has 0 amide bonds. The minimum atomic E-state index is -1.05. The van der Waals surface area contributed by atoms with Gasteiger partial charge in [0, 0.05) is 18.0 Å². The monoisotopic (exact) mass is 339 g/mol. The first-order valence-corrected chi connectivity index (χ1v) is 8.00. The van der Waals surface area contributed by atoms with Crippen LogP contribution in [-0.4, -0.2) is 17.1 Å². The topological polar surface area (TPSA) is 40.5 Å². The van der Waals surface area contributed by atoms with Crippen LogP contribution >= 0.6 is 0 Å². The fraction of sp³-hybridized carbons (Fsp3) is 0.150. The molecule has 0 aliphatic carbocycles. The smallest absolute Gasteiger partial charge is 0.352 e. The van der Waals surface area contributed by atoms with Crippen LogP contribution in [0.5, 0.6) is 5.75 Å². The first kappa shape index (κ1) is 16.8. The lowest BCUT2D eigenvalue weighted by Crippen LogP contribution is -2.22. The number of carbonyl (C=O) groups is 1. The molecular weight excluding hydrogens is 321 g/mol. The average Bonchev–Trinajstić information content (AvgIpc) is 3.14. The van der Waals surface area contributed by atoms with E-state index < -0.39 is 17.9 Å². The Kier molecular flexibility index (Phi) is 5.14. The lowest BCUT2D eigenvalue weighted by molar-refractivity contribution is -0.151. The molecule has 0 spiro atoms. The van der Waals surface area contributed by atoms with E-state index in [2.05, 4.69) is 0 Å². The molecule has 1 unspecified atom stereocenters. The summed E-state index contributed by atoms with van der Waals surface area (Å²) in [4.78, 5) is 12.4. The maximum absolute atomic E-state index is 13.6. The zero-order chi connectivity index (χ0) is 17.6. The fourth-order valence-corrected chi connectivity index (χ4v) is 2.53. The van der Waals surface area contributed by atoms with Crippen LogP contribution in [-0.2, 0) is 9.53 Å². The number of para-hydroxylation sites is 2. The Morgan fingerprint density at radius 1 is 1.08 bits per heavy atom. The SMILES string of the molecule is CCOC(=O)C(Oc1ccccc1-n1cccc1)c1cccc(F)c1. The molecule has 2 aromatic carbocycles. The molecule has 0 saturated carbocycles. The van der Waals surface area contributed by atoms with Crippen molar-refractivity contribution in [3.63, 3.8) is 0 Å². The highest BCUT2D eigenvalue weighted by atomic mass is 19.1. The zero-order valence-electron chi connectivity index (χ0n) is 13.8. The lowest BCUT2D eigenvalue weighted by atomic mass is 10.1. The summed E-state index contributed by atoms with van der Waals surface area (Å²) in [5, 5.41) is 0. The maximum atomic E-state index is 13.6. The van der Waals surface area contributed by atoms with E-state index in [1.165, 1.54) is 18.2 Å². The molecule has 0 aliphatic heterocycles. The van der Waals surface area contributed by atoms with Crippen LogP contribution in [0.2, 0.25) is 0 Å². The minimum Gasteiger partial charge on any atom is -0.472 e. The molecule has 0 aliphatic rings. The number of nitrogens with zero attached hydrogens (tertiary/aromatic N) is 1. The largest absolute Gasteiger partial charge is 0.472 e. The molecule has 5 heteroatoms. The van der Waals surface area contributed by atoms with Crippen LogP contribution in [0.25, 0.3) is 5.69 Å². The first-order valence-electron chi connectivity index (χ1n) is 8.00. The number of hydrogen-bond donors (Lipinski definition) is 0. The van der Waals surface area contributed by atoms with E-state index in [0.717, 1.165) is 5.69 Å². The first-order chi connectivity index (χ1) is 12.2. The Morgan fingerprint density at radius 3 is 2.56 bits per heavy atom. The van der Waals surface area contributed by atoms with Crippen LogP contribution in [0.15, 0.2) is 73.1 Å². The Labute approximate surface area is 145 Å². The summed E-state index contributed by atoms with van der Waals surface area (Å²) in [7, 11) is 0. The van der Waals surface area contributed by atoms with Crippen LogP contribution in [0.1, 0.15) is 18.6 Å². The molecule has 128 valence electrons. The molecule has 1 atom stereocenters. The summed E-state index contributed by atoms with van der Waals surface area (Å²) in [6.07, 6.45) is 2.71. The van der Waals surface area contributed by atoms with Gasteiger partial charge in [-0.15, -0.1) is 0 Å². The van der Waals surface area contributed by atoms with Gasteiger partial charge in [0.15, 0.2) is 0 Å². The van der Waals surface area contributed by atoms with Crippen molar-refractivity contribution in [3.05, 3.63) is 84.4 Å². The van der Waals surface area contributed by atoms with Crippen molar-refractivity contribution < 1.29 is 18.7 Å². The third-order valence-electron chi connectivity index (χ3n) is 3.64. The van der Waals surface area contributed by atoms with E-state index in [9.17, 15) is 9.18 Å². The Balaban J connectivity index is 1.98. The highest BCUT2D eigenvalue weighted by Gasteiger charge is 2.25. The summed E-state index contributed by atoms with van der Waals surface area (Å²) >= 11 is 0. The summed E-state index contributed by atoms with van der Waals surface area (Å²) in [6, 6.07) is 16.9. The van der Waals surface area contributed by atoms with E-state index in [-0.39, 0.29) is 6.61 Å². The molecule has 3 rings (SSSR count). The van der Waals surface area contributed by atoms with Gasteiger partial charge in [0.05, 0.1) is 12.3 Å². The highest BCUT2D eigenvalue weighted by molar-refractivity contribution is 5.77. The zero-order valence-corrected chi connectivity index (χ0v) is 13.8. The Bertz CT molecular complexity index is 846. The summed E-state index contributed by atoms with van der Waals surface area (Å²) < 4.78 is 26.6. The number of hydrogen-bond acceptors (Lipinski definition) is 3. The molecule has 0 bridgehead atoms. The van der Waals surface area contributed by atoms with Crippen LogP contribution in [0, 0.1) is 5.82 Å². The highest BCUT2D eigenvalue weighted by Crippen LogP contribution is 2.29. The fourth-order valence-electron chi connectivity index (χ4n) is 2.53. The van der Waals surface area contributed by atoms with Crippen molar-refractivity contribution in [2.45, 2.75) is 13.0 Å². The van der Waals surface area contributed by atoms with Gasteiger partial charge < -0.3 is 14.0 Å². The molecule has 0 N–H and O–H groups in total. The molecule has 3 aromatic rings. The average molecular weight is 339 g/mol. The lowest BCUT2D eigenvalue weighted by Gasteiger charge is -2.20. The van der Waals surface area contributed by atoms with Gasteiger partial charge in [-0.1, -0.05) is 24.3 Å². The summed E-state index contributed by atoms with van der Waals surface area (Å²) in [5.74, 6) is -0.495. The van der Waals surface area contributed by atoms with Gasteiger partial charge in [-0.05, 0) is 43.3 Å². The quantitative estimate of drug-likeness (QED) is 0.629. The standard InChI is InChI=1S/C20H18FNO3/c1-2-24-20(23)19(15-8-7-9-16(21)14-15)25-18-11-4-3-10-17(18)22-12-5-6-13-22/h3-14,19H,2H2,1H3. The van der Waals surface area contributed by atoms with Gasteiger partial charge in [-0.25, -0.2) is 9.18 Å². The van der Waals surface area contributed by atoms with Crippen LogP contribution < -0.4 is 4.74 Å². The molecule has 4 nitrogen and oxygen atoms in total. The number of esters is 1. The van der Waals surface area contributed by atoms with Gasteiger partial charge in [0.25, 0.3) is 0 Å². The molecule has 0 fully saturated rings. The van der Waals surface area contributed by atoms with Gasteiger partial charge in [-0.3, -0.25) is 0 Å². The van der Waals surface area contributed by atoms with E-state index in [1.807, 2.05) is 47.3 Å². The van der Waals surface area contributed by atoms with Crippen LogP contribution in [0.3, 0.4) is 0 Å². The number of halogens is 1. The number of carbonyl (C=O) groups excluding carboxylic acids is 1. The van der Waals surface area contributed by atoms with E-state index in [4.69, 9.17) is 9.47 Å². The summed E-state index contributed by atoms with van der Waals surface area (Å²) in [5.41, 5.74) is 1.18. The van der Waals surface area contributed by atoms with Gasteiger partial charge in [0.1, 0.15) is 11.6 Å². The molecule has 0 radical (unpaired) electrons. The van der Waals surface area contributed by atoms with Crippen molar-refractivity contribution in [1.29, 1.82) is 0 Å². The molecule has 1 heterocycles. The van der Waals surface area contributed by atoms with Crippen molar-refractivity contribution in [1.82, 2.24) is 4.57 Å². The van der Waals surface area contributed by atoms with E-state index >= 15 is 0 Å². The Hall–Kier alpha value is -3.08. The van der Waals surface area contributed by atoms with Gasteiger partial charge >= 0.3 is 5.97 Å². The van der Waals surface area contributed by atoms with Crippen molar-refractivity contribution >= 4 is 5.97 Å². The minimum absolute atomic E-state index is 0.216. The number of rotatable bonds is 6. The third-order valence-corrected chi connectivity index (χ3v) is 3.64. The number of benzene rings is 2. The number of ether oxygens (including phenoxy) is 2.